The molecule has 112 valence electrons. The van der Waals surface area contributed by atoms with E-state index in [1.54, 1.807) is 6.07 Å². The van der Waals surface area contributed by atoms with E-state index in [4.69, 9.17) is 23.2 Å². The number of carbonyl (C=O) groups is 1. The standard InChI is InChI=1S/C14H12Cl2O3S2/c1-2-10-4-6-13(20-10)12(17)8-21(18,19)14-7-9(15)3-5-11(14)16/h3-7H,2,8H2,1H3. The molecule has 0 aliphatic rings. The first kappa shape index (κ1) is 16.5. The third-order valence-corrected chi connectivity index (χ3v) is 6.43. The van der Waals surface area contributed by atoms with Crippen molar-refractivity contribution in [2.24, 2.45) is 0 Å². The molecule has 0 saturated carbocycles. The van der Waals surface area contributed by atoms with Crippen LogP contribution >= 0.6 is 34.5 Å². The van der Waals surface area contributed by atoms with Crippen LogP contribution in [-0.2, 0) is 16.3 Å². The van der Waals surface area contributed by atoms with Gasteiger partial charge in [0.1, 0.15) is 5.75 Å². The quantitative estimate of drug-likeness (QED) is 0.746. The summed E-state index contributed by atoms with van der Waals surface area (Å²) < 4.78 is 24.6. The lowest BCUT2D eigenvalue weighted by Crippen LogP contribution is -2.16. The normalized spacial score (nSPS) is 11.6. The van der Waals surface area contributed by atoms with Crippen molar-refractivity contribution >= 4 is 50.2 Å². The van der Waals surface area contributed by atoms with E-state index in [-0.39, 0.29) is 14.9 Å². The number of benzene rings is 1. The van der Waals surface area contributed by atoms with Crippen LogP contribution in [0.1, 0.15) is 21.5 Å². The minimum Gasteiger partial charge on any atom is -0.292 e. The van der Waals surface area contributed by atoms with Crippen LogP contribution in [0.25, 0.3) is 0 Å². The van der Waals surface area contributed by atoms with Gasteiger partial charge in [0.05, 0.1) is 14.8 Å². The van der Waals surface area contributed by atoms with Crippen molar-refractivity contribution in [1.29, 1.82) is 0 Å². The zero-order valence-electron chi connectivity index (χ0n) is 11.1. The van der Waals surface area contributed by atoms with E-state index < -0.39 is 21.4 Å². The predicted molar refractivity (Wildman–Crippen MR) is 86.5 cm³/mol. The molecule has 0 saturated heterocycles. The Morgan fingerprint density at radius 3 is 2.52 bits per heavy atom. The van der Waals surface area contributed by atoms with E-state index >= 15 is 0 Å². The van der Waals surface area contributed by atoms with Crippen molar-refractivity contribution < 1.29 is 13.2 Å². The van der Waals surface area contributed by atoms with Gasteiger partial charge in [0.25, 0.3) is 0 Å². The third-order valence-electron chi connectivity index (χ3n) is 2.83. The van der Waals surface area contributed by atoms with Gasteiger partial charge >= 0.3 is 0 Å². The van der Waals surface area contributed by atoms with Crippen molar-refractivity contribution in [3.63, 3.8) is 0 Å². The summed E-state index contributed by atoms with van der Waals surface area (Å²) in [6.45, 7) is 1.97. The summed E-state index contributed by atoms with van der Waals surface area (Å²) in [6, 6.07) is 7.65. The summed E-state index contributed by atoms with van der Waals surface area (Å²) in [7, 11) is -3.82. The molecule has 2 aromatic rings. The number of aryl methyl sites for hydroxylation is 1. The fourth-order valence-corrected chi connectivity index (χ4v) is 4.77. The Balaban J connectivity index is 2.28. The maximum Gasteiger partial charge on any atom is 0.188 e. The van der Waals surface area contributed by atoms with Gasteiger partial charge < -0.3 is 0 Å². The summed E-state index contributed by atoms with van der Waals surface area (Å²) in [5.41, 5.74) is 0. The smallest absolute Gasteiger partial charge is 0.188 e. The number of Topliss-reactive ketones (excluding diaryl/α,β-unsaturated/α-hetero) is 1. The van der Waals surface area contributed by atoms with Crippen LogP contribution in [0.15, 0.2) is 35.2 Å². The summed E-state index contributed by atoms with van der Waals surface area (Å²) in [6.07, 6.45) is 0.810. The molecule has 0 atom stereocenters. The molecule has 0 spiro atoms. The first-order valence-corrected chi connectivity index (χ1v) is 9.35. The van der Waals surface area contributed by atoms with Crippen LogP contribution in [0.4, 0.5) is 0 Å². The molecule has 0 bridgehead atoms. The highest BCUT2D eigenvalue weighted by molar-refractivity contribution is 7.92. The number of halogens is 2. The largest absolute Gasteiger partial charge is 0.292 e. The maximum atomic E-state index is 12.3. The number of carbonyl (C=O) groups excluding carboxylic acids is 1. The highest BCUT2D eigenvalue weighted by Crippen LogP contribution is 2.27. The SMILES string of the molecule is CCc1ccc(C(=O)CS(=O)(=O)c2cc(Cl)ccc2Cl)s1. The number of thiophene rings is 1. The predicted octanol–water partition coefficient (Wildman–Crippen LogP) is 4.27. The fourth-order valence-electron chi connectivity index (χ4n) is 1.75. The molecule has 0 radical (unpaired) electrons. The highest BCUT2D eigenvalue weighted by Gasteiger charge is 2.24. The average Bonchev–Trinajstić information content (AvgIpc) is 2.90. The van der Waals surface area contributed by atoms with Crippen molar-refractivity contribution in [3.05, 3.63) is 50.1 Å². The lowest BCUT2D eigenvalue weighted by Gasteiger charge is -2.06. The second-order valence-electron chi connectivity index (χ2n) is 4.38. The Labute approximate surface area is 137 Å². The van der Waals surface area contributed by atoms with E-state index in [9.17, 15) is 13.2 Å². The molecule has 0 aliphatic heterocycles. The number of ketones is 1. The van der Waals surface area contributed by atoms with Gasteiger partial charge in [-0.1, -0.05) is 30.1 Å². The Morgan fingerprint density at radius 2 is 1.90 bits per heavy atom. The zero-order valence-corrected chi connectivity index (χ0v) is 14.2. The topological polar surface area (TPSA) is 51.2 Å². The Kier molecular flexibility index (Phi) is 5.09. The molecular formula is C14H12Cl2O3S2. The van der Waals surface area contributed by atoms with Crippen LogP contribution in [0.3, 0.4) is 0 Å². The van der Waals surface area contributed by atoms with Crippen LogP contribution < -0.4 is 0 Å². The van der Waals surface area contributed by atoms with Crippen LogP contribution in [-0.4, -0.2) is 20.0 Å². The number of hydrogen-bond acceptors (Lipinski definition) is 4. The Bertz CT molecular complexity index is 779. The van der Waals surface area contributed by atoms with E-state index in [0.717, 1.165) is 11.3 Å². The van der Waals surface area contributed by atoms with Crippen LogP contribution in [0.2, 0.25) is 10.0 Å². The zero-order chi connectivity index (χ0) is 15.6. The first-order valence-electron chi connectivity index (χ1n) is 6.13. The number of hydrogen-bond donors (Lipinski definition) is 0. The van der Waals surface area contributed by atoms with Gasteiger partial charge in [0.15, 0.2) is 15.6 Å². The van der Waals surface area contributed by atoms with Gasteiger partial charge in [-0.25, -0.2) is 8.42 Å². The molecule has 7 heteroatoms. The fraction of sp³-hybridized carbons (Fsp3) is 0.214. The average molecular weight is 363 g/mol. The summed E-state index contributed by atoms with van der Waals surface area (Å²) >= 11 is 13.0. The molecule has 0 amide bonds. The molecule has 3 nitrogen and oxygen atoms in total. The summed E-state index contributed by atoms with van der Waals surface area (Å²) in [5.74, 6) is -1.05. The summed E-state index contributed by atoms with van der Waals surface area (Å²) in [4.78, 5) is 13.5. The van der Waals surface area contributed by atoms with Crippen molar-refractivity contribution in [1.82, 2.24) is 0 Å². The van der Waals surface area contributed by atoms with Crippen LogP contribution in [0, 0.1) is 0 Å². The molecule has 0 aliphatic carbocycles. The Hall–Kier alpha value is -0.880. The minimum absolute atomic E-state index is 0.0626. The van der Waals surface area contributed by atoms with E-state index in [2.05, 4.69) is 0 Å². The summed E-state index contributed by atoms with van der Waals surface area (Å²) in [5, 5.41) is 0.322. The lowest BCUT2D eigenvalue weighted by atomic mass is 10.3. The molecule has 1 aromatic heterocycles. The van der Waals surface area contributed by atoms with Gasteiger partial charge in [0, 0.05) is 9.90 Å². The highest BCUT2D eigenvalue weighted by atomic mass is 35.5. The Morgan fingerprint density at radius 1 is 1.19 bits per heavy atom. The van der Waals surface area contributed by atoms with Gasteiger partial charge in [0.2, 0.25) is 0 Å². The molecule has 0 N–H and O–H groups in total. The molecule has 1 heterocycles. The molecule has 0 unspecified atom stereocenters. The second-order valence-corrected chi connectivity index (χ2v) is 8.35. The monoisotopic (exact) mass is 362 g/mol. The minimum atomic E-state index is -3.82. The molecular weight excluding hydrogens is 351 g/mol. The van der Waals surface area contributed by atoms with E-state index in [1.165, 1.54) is 29.5 Å². The second kappa shape index (κ2) is 6.48. The molecule has 1 aromatic carbocycles. The number of sulfone groups is 1. The third kappa shape index (κ3) is 3.86. The van der Waals surface area contributed by atoms with Crippen molar-refractivity contribution in [2.75, 3.05) is 5.75 Å². The molecule has 21 heavy (non-hydrogen) atoms. The van der Waals surface area contributed by atoms with Gasteiger partial charge in [-0.15, -0.1) is 11.3 Å². The molecule has 2 rings (SSSR count). The van der Waals surface area contributed by atoms with Crippen molar-refractivity contribution in [2.45, 2.75) is 18.2 Å². The van der Waals surface area contributed by atoms with E-state index in [1.807, 2.05) is 13.0 Å². The van der Waals surface area contributed by atoms with E-state index in [0.29, 0.717) is 4.88 Å². The number of rotatable bonds is 5. The maximum absolute atomic E-state index is 12.3. The lowest BCUT2D eigenvalue weighted by molar-refractivity contribution is 0.102. The van der Waals surface area contributed by atoms with Gasteiger partial charge in [-0.3, -0.25) is 4.79 Å². The first-order chi connectivity index (χ1) is 9.83. The van der Waals surface area contributed by atoms with Crippen molar-refractivity contribution in [3.8, 4) is 0 Å². The van der Waals surface area contributed by atoms with Gasteiger partial charge in [-0.05, 0) is 36.8 Å². The van der Waals surface area contributed by atoms with Gasteiger partial charge in [-0.2, -0.15) is 0 Å². The molecule has 0 fully saturated rings. The van der Waals surface area contributed by atoms with Crippen LogP contribution in [0.5, 0.6) is 0 Å².